The third-order valence-electron chi connectivity index (χ3n) is 2.98. The highest BCUT2D eigenvalue weighted by Crippen LogP contribution is 2.40. The van der Waals surface area contributed by atoms with Crippen LogP contribution in [0.3, 0.4) is 0 Å². The minimum absolute atomic E-state index is 0.257. The van der Waals surface area contributed by atoms with E-state index in [1.54, 1.807) is 11.3 Å². The molecule has 3 heteroatoms. The van der Waals surface area contributed by atoms with Gasteiger partial charge in [0.2, 0.25) is 0 Å². The zero-order chi connectivity index (χ0) is 9.31. The Hall–Kier alpha value is -0.410. The normalized spacial score (nSPS) is 34.8. The van der Waals surface area contributed by atoms with E-state index < -0.39 is 5.60 Å². The largest absolute Gasteiger partial charge is 0.389 e. The van der Waals surface area contributed by atoms with Crippen molar-refractivity contribution < 1.29 is 5.11 Å². The lowest BCUT2D eigenvalue weighted by Gasteiger charge is -2.36. The Bertz CT molecular complexity index is 268. The molecule has 1 aromatic heterocycles. The first-order valence-electron chi connectivity index (χ1n) is 4.80. The summed E-state index contributed by atoms with van der Waals surface area (Å²) in [6.45, 7) is 1.94. The first-order valence-corrected chi connectivity index (χ1v) is 5.75. The molecule has 0 radical (unpaired) electrons. The van der Waals surface area contributed by atoms with E-state index in [9.17, 15) is 5.11 Å². The number of nitrogens with zero attached hydrogens (tertiary/aromatic N) is 1. The van der Waals surface area contributed by atoms with E-state index in [1.807, 2.05) is 12.4 Å². The van der Waals surface area contributed by atoms with Gasteiger partial charge in [0, 0.05) is 11.3 Å². The van der Waals surface area contributed by atoms with Crippen LogP contribution in [0.4, 0.5) is 0 Å². The Labute approximate surface area is 82.6 Å². The highest BCUT2D eigenvalue weighted by Gasteiger charge is 2.36. The van der Waals surface area contributed by atoms with Crippen molar-refractivity contribution in [3.05, 3.63) is 16.6 Å². The van der Waals surface area contributed by atoms with Gasteiger partial charge in [0.25, 0.3) is 0 Å². The molecule has 1 aliphatic carbocycles. The summed E-state index contributed by atoms with van der Waals surface area (Å²) in [7, 11) is 0. The molecule has 2 rings (SSSR count). The van der Waals surface area contributed by atoms with E-state index in [2.05, 4.69) is 10.4 Å². The lowest BCUT2D eigenvalue weighted by Crippen LogP contribution is -2.35. The monoisotopic (exact) mass is 197 g/mol. The summed E-state index contributed by atoms with van der Waals surface area (Å²) in [4.78, 5) is 4.29. The fourth-order valence-corrected chi connectivity index (χ4v) is 2.78. The second kappa shape index (κ2) is 3.39. The minimum atomic E-state index is -0.535. The molecule has 72 valence electrons. The molecule has 1 heterocycles. The second-order valence-electron chi connectivity index (χ2n) is 4.07. The van der Waals surface area contributed by atoms with Gasteiger partial charge in [-0.3, -0.25) is 0 Å². The standard InChI is InChI=1S/C10H15NOS/c1-10(12)5-3-2-4-8(10)9-6-13-7-11-9/h6-8,12H,2-5H2,1H3. The molecule has 1 aliphatic rings. The number of aromatic nitrogens is 1. The molecule has 13 heavy (non-hydrogen) atoms. The average molecular weight is 197 g/mol. The molecule has 1 N–H and O–H groups in total. The second-order valence-corrected chi connectivity index (χ2v) is 4.79. The van der Waals surface area contributed by atoms with Gasteiger partial charge in [-0.15, -0.1) is 11.3 Å². The summed E-state index contributed by atoms with van der Waals surface area (Å²) in [6.07, 6.45) is 4.36. The number of thiazole rings is 1. The van der Waals surface area contributed by atoms with Crippen LogP contribution >= 0.6 is 11.3 Å². The Morgan fingerprint density at radius 2 is 2.46 bits per heavy atom. The van der Waals surface area contributed by atoms with Crippen LogP contribution < -0.4 is 0 Å². The summed E-state index contributed by atoms with van der Waals surface area (Å²) in [5, 5.41) is 12.2. The van der Waals surface area contributed by atoms with Crippen LogP contribution in [0, 0.1) is 0 Å². The van der Waals surface area contributed by atoms with Gasteiger partial charge in [0.05, 0.1) is 16.8 Å². The van der Waals surface area contributed by atoms with Crippen LogP contribution in [0.25, 0.3) is 0 Å². The smallest absolute Gasteiger partial charge is 0.0794 e. The number of aliphatic hydroxyl groups is 1. The van der Waals surface area contributed by atoms with Crippen LogP contribution in [-0.4, -0.2) is 15.7 Å². The predicted molar refractivity (Wildman–Crippen MR) is 53.9 cm³/mol. The van der Waals surface area contributed by atoms with Crippen molar-refractivity contribution in [1.82, 2.24) is 4.98 Å². The molecular formula is C10H15NOS. The van der Waals surface area contributed by atoms with Crippen LogP contribution in [-0.2, 0) is 0 Å². The first kappa shape index (κ1) is 9.16. The zero-order valence-corrected chi connectivity index (χ0v) is 8.68. The summed E-state index contributed by atoms with van der Waals surface area (Å²) in [5.74, 6) is 0.257. The molecule has 0 aromatic carbocycles. The fourth-order valence-electron chi connectivity index (χ4n) is 2.18. The number of hydrogen-bond donors (Lipinski definition) is 1. The van der Waals surface area contributed by atoms with Crippen LogP contribution in [0.5, 0.6) is 0 Å². The highest BCUT2D eigenvalue weighted by molar-refractivity contribution is 7.07. The van der Waals surface area contributed by atoms with Crippen LogP contribution in [0.15, 0.2) is 10.9 Å². The molecule has 1 aromatic rings. The van der Waals surface area contributed by atoms with E-state index in [4.69, 9.17) is 0 Å². The Kier molecular flexibility index (Phi) is 2.39. The molecule has 0 spiro atoms. The lowest BCUT2D eigenvalue weighted by atomic mass is 9.75. The molecule has 0 saturated heterocycles. The van der Waals surface area contributed by atoms with Gasteiger partial charge in [0.1, 0.15) is 0 Å². The molecule has 2 nitrogen and oxygen atoms in total. The summed E-state index contributed by atoms with van der Waals surface area (Å²) < 4.78 is 0. The minimum Gasteiger partial charge on any atom is -0.389 e. The van der Waals surface area contributed by atoms with E-state index in [1.165, 1.54) is 6.42 Å². The predicted octanol–water partition coefficient (Wildman–Crippen LogP) is 2.55. The van der Waals surface area contributed by atoms with Gasteiger partial charge in [-0.25, -0.2) is 4.98 Å². The summed E-state index contributed by atoms with van der Waals surface area (Å²) in [6, 6.07) is 0. The van der Waals surface area contributed by atoms with Crippen molar-refractivity contribution in [2.24, 2.45) is 0 Å². The molecular weight excluding hydrogens is 182 g/mol. The van der Waals surface area contributed by atoms with Gasteiger partial charge >= 0.3 is 0 Å². The lowest BCUT2D eigenvalue weighted by molar-refractivity contribution is -0.000474. The van der Waals surface area contributed by atoms with Gasteiger partial charge < -0.3 is 5.11 Å². The molecule has 0 amide bonds. The first-order chi connectivity index (χ1) is 6.20. The van der Waals surface area contributed by atoms with Crippen molar-refractivity contribution in [1.29, 1.82) is 0 Å². The van der Waals surface area contributed by atoms with E-state index in [-0.39, 0.29) is 5.92 Å². The van der Waals surface area contributed by atoms with E-state index in [0.717, 1.165) is 25.0 Å². The Morgan fingerprint density at radius 3 is 3.08 bits per heavy atom. The molecule has 0 aliphatic heterocycles. The SMILES string of the molecule is CC1(O)CCCCC1c1cscn1. The molecule has 1 saturated carbocycles. The number of hydrogen-bond acceptors (Lipinski definition) is 3. The van der Waals surface area contributed by atoms with Crippen molar-refractivity contribution in [3.63, 3.8) is 0 Å². The van der Waals surface area contributed by atoms with Crippen LogP contribution in [0.1, 0.15) is 44.2 Å². The summed E-state index contributed by atoms with van der Waals surface area (Å²) in [5.41, 5.74) is 2.39. The highest BCUT2D eigenvalue weighted by atomic mass is 32.1. The average Bonchev–Trinajstić information content (AvgIpc) is 2.55. The maximum atomic E-state index is 10.2. The molecule has 0 bridgehead atoms. The Morgan fingerprint density at radius 1 is 1.62 bits per heavy atom. The summed E-state index contributed by atoms with van der Waals surface area (Å²) >= 11 is 1.61. The zero-order valence-electron chi connectivity index (χ0n) is 7.86. The number of rotatable bonds is 1. The van der Waals surface area contributed by atoms with E-state index in [0.29, 0.717) is 0 Å². The maximum Gasteiger partial charge on any atom is 0.0794 e. The van der Waals surface area contributed by atoms with Crippen LogP contribution in [0.2, 0.25) is 0 Å². The topological polar surface area (TPSA) is 33.1 Å². The fraction of sp³-hybridized carbons (Fsp3) is 0.700. The van der Waals surface area contributed by atoms with Gasteiger partial charge in [-0.05, 0) is 19.8 Å². The third kappa shape index (κ3) is 1.76. The molecule has 1 fully saturated rings. The molecule has 2 unspecified atom stereocenters. The van der Waals surface area contributed by atoms with E-state index >= 15 is 0 Å². The Balaban J connectivity index is 2.21. The quantitative estimate of drug-likeness (QED) is 0.750. The van der Waals surface area contributed by atoms with Crippen molar-refractivity contribution in [2.45, 2.75) is 44.1 Å². The van der Waals surface area contributed by atoms with Crippen molar-refractivity contribution >= 4 is 11.3 Å². The van der Waals surface area contributed by atoms with Crippen molar-refractivity contribution in [3.8, 4) is 0 Å². The van der Waals surface area contributed by atoms with Gasteiger partial charge in [0.15, 0.2) is 0 Å². The van der Waals surface area contributed by atoms with Gasteiger partial charge in [-0.2, -0.15) is 0 Å². The van der Waals surface area contributed by atoms with Gasteiger partial charge in [-0.1, -0.05) is 12.8 Å². The maximum absolute atomic E-state index is 10.2. The third-order valence-corrected chi connectivity index (χ3v) is 3.59. The molecule has 2 atom stereocenters. The van der Waals surface area contributed by atoms with Crippen molar-refractivity contribution in [2.75, 3.05) is 0 Å².